The predicted molar refractivity (Wildman–Crippen MR) is 123 cm³/mol. The molecule has 0 unspecified atom stereocenters. The summed E-state index contributed by atoms with van der Waals surface area (Å²) in [6.45, 7) is 5.92. The minimum atomic E-state index is -1.25. The molecule has 34 heavy (non-hydrogen) atoms. The number of carbonyl (C=O) groups is 2. The van der Waals surface area contributed by atoms with Gasteiger partial charge in [-0.25, -0.2) is 24.1 Å². The molecule has 1 amide bonds. The number of halogens is 1. The lowest BCUT2D eigenvalue weighted by Crippen LogP contribution is -2.68. The third kappa shape index (κ3) is 4.35. The van der Waals surface area contributed by atoms with Gasteiger partial charge in [-0.2, -0.15) is 5.10 Å². The van der Waals surface area contributed by atoms with Crippen LogP contribution in [0.5, 0.6) is 0 Å². The average Bonchev–Trinajstić information content (AvgIpc) is 3.32. The maximum absolute atomic E-state index is 14.8. The minimum Gasteiger partial charge on any atom is -0.443 e. The SMILES string of the molecule is CC(C)(C)n1nc([C@@H]2C[C@H](OC(=O)NC34CC(C3)C4)[C@@H](F)C2)cc1NOC(=O)c1ccccc1. The highest BCUT2D eigenvalue weighted by Gasteiger charge is 2.58. The summed E-state index contributed by atoms with van der Waals surface area (Å²) in [6, 6.07) is 10.4. The largest absolute Gasteiger partial charge is 0.443 e. The first-order valence-electron chi connectivity index (χ1n) is 11.9. The van der Waals surface area contributed by atoms with Crippen LogP contribution in [0.1, 0.15) is 74.8 Å². The van der Waals surface area contributed by atoms with E-state index in [-0.39, 0.29) is 17.9 Å². The molecule has 1 aromatic heterocycles. The molecule has 182 valence electrons. The zero-order chi connectivity index (χ0) is 24.1. The number of alkyl carbamates (subject to hydrolysis) is 1. The van der Waals surface area contributed by atoms with Crippen molar-refractivity contribution in [2.24, 2.45) is 5.92 Å². The highest BCUT2D eigenvalue weighted by molar-refractivity contribution is 5.89. The normalized spacial score (nSPS) is 29.5. The summed E-state index contributed by atoms with van der Waals surface area (Å²) >= 11 is 0. The van der Waals surface area contributed by atoms with Gasteiger partial charge in [0.15, 0.2) is 5.82 Å². The van der Waals surface area contributed by atoms with Crippen molar-refractivity contribution in [3.63, 3.8) is 0 Å². The Morgan fingerprint density at radius 1 is 1.15 bits per heavy atom. The lowest BCUT2D eigenvalue weighted by molar-refractivity contribution is -0.0530. The lowest BCUT2D eigenvalue weighted by Gasteiger charge is -2.61. The molecule has 9 heteroatoms. The molecule has 6 rings (SSSR count). The molecular formula is C25H31FN4O4. The van der Waals surface area contributed by atoms with E-state index in [0.29, 0.717) is 23.5 Å². The molecule has 1 aromatic carbocycles. The summed E-state index contributed by atoms with van der Waals surface area (Å²) in [6.07, 6.45) is 1.00. The Labute approximate surface area is 198 Å². The summed E-state index contributed by atoms with van der Waals surface area (Å²) in [5.74, 6) is 0.499. The molecule has 0 saturated heterocycles. The van der Waals surface area contributed by atoms with Gasteiger partial charge in [-0.05, 0) is 70.9 Å². The summed E-state index contributed by atoms with van der Waals surface area (Å²) in [4.78, 5) is 29.9. The van der Waals surface area contributed by atoms with Crippen LogP contribution < -0.4 is 10.8 Å². The van der Waals surface area contributed by atoms with E-state index in [4.69, 9.17) is 14.7 Å². The first-order valence-corrected chi connectivity index (χ1v) is 11.9. The fraction of sp³-hybridized carbons (Fsp3) is 0.560. The smallest absolute Gasteiger partial charge is 0.407 e. The van der Waals surface area contributed by atoms with Crippen LogP contribution >= 0.6 is 0 Å². The third-order valence-corrected chi connectivity index (χ3v) is 7.13. The van der Waals surface area contributed by atoms with E-state index in [1.165, 1.54) is 0 Å². The number of hydrogen-bond acceptors (Lipinski definition) is 6. The van der Waals surface area contributed by atoms with Crippen LogP contribution in [0.15, 0.2) is 36.4 Å². The van der Waals surface area contributed by atoms with Crippen molar-refractivity contribution in [1.82, 2.24) is 15.1 Å². The Morgan fingerprint density at radius 2 is 1.85 bits per heavy atom. The Kier molecular flexibility index (Phi) is 5.53. The van der Waals surface area contributed by atoms with E-state index < -0.39 is 29.9 Å². The maximum atomic E-state index is 14.8. The van der Waals surface area contributed by atoms with Gasteiger partial charge in [0.05, 0.1) is 16.8 Å². The topological polar surface area (TPSA) is 94.5 Å². The first kappa shape index (κ1) is 22.7. The van der Waals surface area contributed by atoms with Crippen LogP contribution in [0.2, 0.25) is 0 Å². The Hall–Kier alpha value is -3.10. The summed E-state index contributed by atoms with van der Waals surface area (Å²) in [5.41, 5.74) is 3.30. The summed E-state index contributed by atoms with van der Waals surface area (Å²) in [5, 5.41) is 7.62. The predicted octanol–water partition coefficient (Wildman–Crippen LogP) is 4.68. The van der Waals surface area contributed by atoms with Crippen molar-refractivity contribution < 1.29 is 23.6 Å². The van der Waals surface area contributed by atoms with E-state index >= 15 is 0 Å². The van der Waals surface area contributed by atoms with Crippen LogP contribution in [-0.2, 0) is 15.1 Å². The molecule has 2 N–H and O–H groups in total. The molecule has 3 atom stereocenters. The van der Waals surface area contributed by atoms with Gasteiger partial charge in [0, 0.05) is 17.5 Å². The molecule has 4 saturated carbocycles. The molecule has 2 aromatic rings. The lowest BCUT2D eigenvalue weighted by atomic mass is 9.50. The van der Waals surface area contributed by atoms with Crippen molar-refractivity contribution in [3.8, 4) is 0 Å². The number of nitrogens with one attached hydrogen (secondary N) is 2. The average molecular weight is 471 g/mol. The number of aromatic nitrogens is 2. The molecule has 0 spiro atoms. The number of nitrogens with zero attached hydrogens (tertiary/aromatic N) is 2. The van der Waals surface area contributed by atoms with Gasteiger partial charge in [0.25, 0.3) is 0 Å². The minimum absolute atomic E-state index is 0.102. The first-order chi connectivity index (χ1) is 16.1. The Bertz CT molecular complexity index is 1060. The van der Waals surface area contributed by atoms with Gasteiger partial charge < -0.3 is 14.9 Å². The fourth-order valence-corrected chi connectivity index (χ4v) is 5.24. The molecule has 4 aliphatic rings. The number of rotatable bonds is 6. The van der Waals surface area contributed by atoms with Gasteiger partial charge in [0.2, 0.25) is 0 Å². The number of hydrogen-bond donors (Lipinski definition) is 2. The number of ether oxygens (including phenoxy) is 1. The fourth-order valence-electron chi connectivity index (χ4n) is 5.24. The zero-order valence-electron chi connectivity index (χ0n) is 19.7. The molecular weight excluding hydrogens is 439 g/mol. The van der Waals surface area contributed by atoms with Crippen LogP contribution in [0.3, 0.4) is 0 Å². The van der Waals surface area contributed by atoms with E-state index in [1.807, 2.05) is 26.8 Å². The van der Waals surface area contributed by atoms with Crippen molar-refractivity contribution in [2.45, 2.75) is 82.1 Å². The van der Waals surface area contributed by atoms with Crippen molar-refractivity contribution in [1.29, 1.82) is 0 Å². The molecule has 0 aliphatic heterocycles. The van der Waals surface area contributed by atoms with Crippen LogP contribution in [0.25, 0.3) is 0 Å². The Balaban J connectivity index is 1.24. The van der Waals surface area contributed by atoms with Crippen molar-refractivity contribution in [2.75, 3.05) is 5.48 Å². The molecule has 0 radical (unpaired) electrons. The van der Waals surface area contributed by atoms with Crippen molar-refractivity contribution >= 4 is 17.9 Å². The Morgan fingerprint density at radius 3 is 2.47 bits per heavy atom. The second-order valence-electron chi connectivity index (χ2n) is 10.9. The zero-order valence-corrected chi connectivity index (χ0v) is 19.7. The maximum Gasteiger partial charge on any atom is 0.407 e. The molecule has 8 nitrogen and oxygen atoms in total. The van der Waals surface area contributed by atoms with Gasteiger partial charge in [0.1, 0.15) is 12.3 Å². The second-order valence-corrected chi connectivity index (χ2v) is 10.9. The van der Waals surface area contributed by atoms with Crippen LogP contribution in [0, 0.1) is 5.92 Å². The highest BCUT2D eigenvalue weighted by Crippen LogP contribution is 2.57. The number of carbonyl (C=O) groups excluding carboxylic acids is 2. The summed E-state index contributed by atoms with van der Waals surface area (Å²) in [7, 11) is 0. The third-order valence-electron chi connectivity index (χ3n) is 7.13. The quantitative estimate of drug-likeness (QED) is 0.595. The molecule has 2 bridgehead atoms. The number of benzene rings is 1. The second kappa shape index (κ2) is 8.29. The number of amides is 1. The van der Waals surface area contributed by atoms with E-state index in [2.05, 4.69) is 10.8 Å². The number of alkyl halides is 1. The molecule has 4 aliphatic carbocycles. The van der Waals surface area contributed by atoms with E-state index in [0.717, 1.165) is 25.2 Å². The standard InChI is InChI=1S/C25H31FN4O4/c1-24(2,3)30-21(29-34-22(31)16-7-5-4-6-8-16)11-19(28-30)17-9-18(26)20(10-17)33-23(32)27-25-12-15(13-25)14-25/h4-8,11,15,17-18,20,29H,9-10,12-14H2,1-3H3,(H,27,32)/t15?,17-,18-,20-,25?/m0/s1. The molecule has 4 fully saturated rings. The molecule has 1 heterocycles. The monoisotopic (exact) mass is 470 g/mol. The van der Waals surface area contributed by atoms with Crippen LogP contribution in [-0.4, -0.2) is 39.7 Å². The van der Waals surface area contributed by atoms with Gasteiger partial charge in [-0.1, -0.05) is 18.2 Å². The number of anilines is 1. The highest BCUT2D eigenvalue weighted by atomic mass is 19.1. The van der Waals surface area contributed by atoms with Gasteiger partial charge in [-0.15, -0.1) is 0 Å². The van der Waals surface area contributed by atoms with Crippen molar-refractivity contribution in [3.05, 3.63) is 47.7 Å². The van der Waals surface area contributed by atoms with Crippen LogP contribution in [0.4, 0.5) is 15.0 Å². The summed E-state index contributed by atoms with van der Waals surface area (Å²) < 4.78 is 22.0. The van der Waals surface area contributed by atoms with E-state index in [1.54, 1.807) is 35.0 Å². The van der Waals surface area contributed by atoms with Gasteiger partial charge in [-0.3, -0.25) is 0 Å². The van der Waals surface area contributed by atoms with E-state index in [9.17, 15) is 14.0 Å². The van der Waals surface area contributed by atoms with Gasteiger partial charge >= 0.3 is 12.1 Å².